The van der Waals surface area contributed by atoms with Gasteiger partial charge in [-0.25, -0.2) is 0 Å². The summed E-state index contributed by atoms with van der Waals surface area (Å²) in [6.45, 7) is 4.02. The maximum absolute atomic E-state index is 12.6. The number of benzene rings is 1. The summed E-state index contributed by atoms with van der Waals surface area (Å²) in [4.78, 5) is 15.7. The van der Waals surface area contributed by atoms with Crippen LogP contribution in [0.3, 0.4) is 0 Å². The fraction of sp³-hybridized carbons (Fsp3) is 0.250. The molecule has 2 aromatic heterocycles. The van der Waals surface area contributed by atoms with Crippen LogP contribution in [0.2, 0.25) is 0 Å². The van der Waals surface area contributed by atoms with Gasteiger partial charge in [0.15, 0.2) is 0 Å². The highest BCUT2D eigenvalue weighted by Crippen LogP contribution is 2.18. The zero-order valence-corrected chi connectivity index (χ0v) is 13.8. The van der Waals surface area contributed by atoms with Crippen LogP contribution < -0.4 is 4.90 Å². The second kappa shape index (κ2) is 6.70. The molecule has 0 aliphatic heterocycles. The summed E-state index contributed by atoms with van der Waals surface area (Å²) in [6, 6.07) is 11.6. The summed E-state index contributed by atoms with van der Waals surface area (Å²) in [5.41, 5.74) is 1.78. The number of para-hydroxylation sites is 1. The van der Waals surface area contributed by atoms with Crippen LogP contribution in [0.25, 0.3) is 11.4 Å². The van der Waals surface area contributed by atoms with Crippen molar-refractivity contribution in [3.8, 4) is 11.4 Å². The van der Waals surface area contributed by atoms with Crippen molar-refractivity contribution in [2.75, 3.05) is 4.90 Å². The first kappa shape index (κ1) is 15.4. The number of hydrogen-bond donors (Lipinski definition) is 0. The van der Waals surface area contributed by atoms with E-state index >= 15 is 0 Å². The van der Waals surface area contributed by atoms with E-state index in [-0.39, 0.29) is 18.5 Å². The number of nitrogens with zero attached hydrogens (tertiary/aromatic N) is 5. The van der Waals surface area contributed by atoms with Crippen molar-refractivity contribution in [2.24, 2.45) is 0 Å². The van der Waals surface area contributed by atoms with Gasteiger partial charge in [-0.15, -0.1) is 10.2 Å². The average Bonchev–Trinajstić information content (AvgIpc) is 3.19. The van der Waals surface area contributed by atoms with Crippen molar-refractivity contribution in [2.45, 2.75) is 26.4 Å². The molecule has 0 aliphatic rings. The second-order valence-electron chi connectivity index (χ2n) is 5.35. The van der Waals surface area contributed by atoms with E-state index in [4.69, 9.17) is 0 Å². The summed E-state index contributed by atoms with van der Waals surface area (Å²) >= 11 is 1.57. The highest BCUT2D eigenvalue weighted by Gasteiger charge is 2.20. The van der Waals surface area contributed by atoms with Gasteiger partial charge in [-0.3, -0.25) is 4.79 Å². The van der Waals surface area contributed by atoms with Crippen LogP contribution in [0.5, 0.6) is 0 Å². The molecule has 0 unspecified atom stereocenters. The maximum Gasteiger partial charge on any atom is 0.250 e. The van der Waals surface area contributed by atoms with Gasteiger partial charge in [0.25, 0.3) is 5.91 Å². The summed E-state index contributed by atoms with van der Waals surface area (Å²) in [7, 11) is 0. The first-order valence-electron chi connectivity index (χ1n) is 7.32. The molecular formula is C16H17N5OS. The molecule has 2 heterocycles. The van der Waals surface area contributed by atoms with Crippen molar-refractivity contribution in [3.05, 3.63) is 47.2 Å². The van der Waals surface area contributed by atoms with Crippen LogP contribution in [0.15, 0.2) is 47.2 Å². The molecule has 118 valence electrons. The van der Waals surface area contributed by atoms with Gasteiger partial charge in [0, 0.05) is 22.7 Å². The van der Waals surface area contributed by atoms with Crippen molar-refractivity contribution in [1.82, 2.24) is 20.2 Å². The third-order valence-electron chi connectivity index (χ3n) is 3.33. The largest absolute Gasteiger partial charge is 0.308 e. The van der Waals surface area contributed by atoms with E-state index < -0.39 is 0 Å². The Hall–Kier alpha value is -2.54. The fourth-order valence-corrected chi connectivity index (χ4v) is 2.97. The highest BCUT2D eigenvalue weighted by molar-refractivity contribution is 7.08. The molecule has 0 saturated heterocycles. The molecule has 0 aliphatic carbocycles. The molecule has 0 fully saturated rings. The summed E-state index contributed by atoms with van der Waals surface area (Å²) in [5, 5.41) is 16.2. The third kappa shape index (κ3) is 3.45. The Morgan fingerprint density at radius 3 is 2.70 bits per heavy atom. The Balaban J connectivity index is 1.77. The van der Waals surface area contributed by atoms with Gasteiger partial charge >= 0.3 is 0 Å². The molecule has 0 N–H and O–H groups in total. The maximum atomic E-state index is 12.6. The van der Waals surface area contributed by atoms with Crippen LogP contribution in [0.4, 0.5) is 5.69 Å². The van der Waals surface area contributed by atoms with Gasteiger partial charge in [-0.2, -0.15) is 16.1 Å². The SMILES string of the molecule is CC(C)N(C(=O)Cn1nnc(-c2ccsc2)n1)c1ccccc1. The van der Waals surface area contributed by atoms with E-state index in [9.17, 15) is 4.79 Å². The van der Waals surface area contributed by atoms with Gasteiger partial charge in [0.05, 0.1) is 0 Å². The van der Waals surface area contributed by atoms with Crippen molar-refractivity contribution in [1.29, 1.82) is 0 Å². The molecule has 0 bridgehead atoms. The molecule has 0 saturated carbocycles. The predicted octanol–water partition coefficient (Wildman–Crippen LogP) is 2.84. The minimum absolute atomic E-state index is 0.0461. The molecule has 0 spiro atoms. The van der Waals surface area contributed by atoms with Gasteiger partial charge in [-0.1, -0.05) is 18.2 Å². The number of rotatable bonds is 5. The molecule has 1 aromatic carbocycles. The summed E-state index contributed by atoms with van der Waals surface area (Å²) in [5.74, 6) is 0.468. The van der Waals surface area contributed by atoms with Crippen LogP contribution in [-0.4, -0.2) is 32.2 Å². The monoisotopic (exact) mass is 327 g/mol. The van der Waals surface area contributed by atoms with E-state index in [0.29, 0.717) is 5.82 Å². The quantitative estimate of drug-likeness (QED) is 0.723. The van der Waals surface area contributed by atoms with Gasteiger partial charge < -0.3 is 4.90 Å². The lowest BCUT2D eigenvalue weighted by atomic mass is 10.2. The topological polar surface area (TPSA) is 63.9 Å². The first-order valence-corrected chi connectivity index (χ1v) is 8.27. The first-order chi connectivity index (χ1) is 11.1. The highest BCUT2D eigenvalue weighted by atomic mass is 32.1. The summed E-state index contributed by atoms with van der Waals surface area (Å²) < 4.78 is 0. The number of aromatic nitrogens is 4. The lowest BCUT2D eigenvalue weighted by Gasteiger charge is -2.26. The van der Waals surface area contributed by atoms with Crippen LogP contribution in [-0.2, 0) is 11.3 Å². The zero-order chi connectivity index (χ0) is 16.2. The molecule has 1 amide bonds. The number of carbonyl (C=O) groups excluding carboxylic acids is 1. The molecule has 0 radical (unpaired) electrons. The van der Waals surface area contributed by atoms with E-state index in [1.54, 1.807) is 16.2 Å². The molecule has 3 aromatic rings. The zero-order valence-electron chi connectivity index (χ0n) is 13.0. The van der Waals surface area contributed by atoms with Crippen molar-refractivity contribution in [3.63, 3.8) is 0 Å². The number of carbonyl (C=O) groups is 1. The van der Waals surface area contributed by atoms with E-state index in [1.807, 2.05) is 61.0 Å². The Morgan fingerprint density at radius 1 is 1.26 bits per heavy atom. The lowest BCUT2D eigenvalue weighted by molar-refractivity contribution is -0.119. The average molecular weight is 327 g/mol. The van der Waals surface area contributed by atoms with E-state index in [0.717, 1.165) is 11.3 Å². The minimum atomic E-state index is -0.0690. The van der Waals surface area contributed by atoms with Gasteiger partial charge in [-0.05, 0) is 42.6 Å². The van der Waals surface area contributed by atoms with Gasteiger partial charge in [0.2, 0.25) is 5.82 Å². The van der Waals surface area contributed by atoms with Crippen molar-refractivity contribution < 1.29 is 4.79 Å². The number of tetrazole rings is 1. The Kier molecular flexibility index (Phi) is 4.47. The van der Waals surface area contributed by atoms with Crippen molar-refractivity contribution >= 4 is 22.9 Å². The molecular weight excluding hydrogens is 310 g/mol. The van der Waals surface area contributed by atoms with E-state index in [2.05, 4.69) is 15.4 Å². The Labute approximate surface area is 138 Å². The Bertz CT molecular complexity index is 767. The molecule has 0 atom stereocenters. The minimum Gasteiger partial charge on any atom is -0.308 e. The number of anilines is 1. The summed E-state index contributed by atoms with van der Waals surface area (Å²) in [6.07, 6.45) is 0. The van der Waals surface area contributed by atoms with Crippen LogP contribution in [0.1, 0.15) is 13.8 Å². The molecule has 7 heteroatoms. The number of hydrogen-bond acceptors (Lipinski definition) is 5. The van der Waals surface area contributed by atoms with Crippen LogP contribution >= 0.6 is 11.3 Å². The lowest BCUT2D eigenvalue weighted by Crippen LogP contribution is -2.39. The Morgan fingerprint density at radius 2 is 2.04 bits per heavy atom. The predicted molar refractivity (Wildman–Crippen MR) is 90.2 cm³/mol. The normalized spacial score (nSPS) is 10.9. The van der Waals surface area contributed by atoms with E-state index in [1.165, 1.54) is 4.80 Å². The van der Waals surface area contributed by atoms with Gasteiger partial charge in [0.1, 0.15) is 6.54 Å². The molecule has 23 heavy (non-hydrogen) atoms. The second-order valence-corrected chi connectivity index (χ2v) is 6.13. The van der Waals surface area contributed by atoms with Crippen LogP contribution in [0, 0.1) is 0 Å². The number of thiophene rings is 1. The number of amides is 1. The third-order valence-corrected chi connectivity index (χ3v) is 4.01. The fourth-order valence-electron chi connectivity index (χ4n) is 2.33. The molecule has 6 nitrogen and oxygen atoms in total. The smallest absolute Gasteiger partial charge is 0.250 e. The standard InChI is InChI=1S/C16H17N5OS/c1-12(2)21(14-6-4-3-5-7-14)15(22)10-20-18-16(17-19-20)13-8-9-23-11-13/h3-9,11-12H,10H2,1-2H3. The molecule has 3 rings (SSSR count).